The highest BCUT2D eigenvalue weighted by atomic mass is 32.2. The van der Waals surface area contributed by atoms with Crippen LogP contribution in [0.1, 0.15) is 256 Å². The predicted molar refractivity (Wildman–Crippen MR) is 495 cm³/mol. The fraction of sp³-hybridized carbons (Fsp3) is 0.789. The molecule has 9 saturated carbocycles. The molecule has 0 bridgehead atoms. The molecular weight excluding hydrogens is 1820 g/mol. The third-order valence-electron chi connectivity index (χ3n) is 31.3. The van der Waals surface area contributed by atoms with Crippen LogP contribution in [0.15, 0.2) is 71.4 Å². The van der Waals surface area contributed by atoms with E-state index in [1.165, 1.54) is 26.7 Å². The summed E-state index contributed by atoms with van der Waals surface area (Å²) in [6.45, 7) is 25.1. The molecule has 1 heterocycles. The fourth-order valence-corrected chi connectivity index (χ4v) is 29.3. The van der Waals surface area contributed by atoms with E-state index in [4.69, 9.17) is 27.8 Å². The van der Waals surface area contributed by atoms with Gasteiger partial charge in [0.15, 0.2) is 41.9 Å². The highest BCUT2D eigenvalue weighted by Crippen LogP contribution is 2.72. The van der Waals surface area contributed by atoms with Crippen molar-refractivity contribution in [1.29, 1.82) is 0 Å². The number of Topliss-reactive ketones (excluding diaryl/α,β-unsaturated/α-hetero) is 3. The van der Waals surface area contributed by atoms with E-state index in [1.807, 2.05) is 39.0 Å². The molecule has 764 valence electrons. The molecule has 12 aliphatic carbocycles. The highest BCUT2D eigenvalue weighted by molar-refractivity contribution is 7.87. The second-order valence-corrected chi connectivity index (χ2v) is 45.6. The number of halogens is 3. The number of fused-ring (bicyclic) bond motifs is 15. The quantitative estimate of drug-likeness (QED) is 0.00861. The predicted octanol–water partition coefficient (Wildman–Crippen LogP) is 14.9. The Balaban J connectivity index is 0.000000374. The number of aliphatic hydroxyl groups is 7. The molecule has 1 amide bonds. The Bertz CT molecular complexity index is 4620. The maximum atomic E-state index is 13.4. The number of ether oxygens (including phenoxy) is 3. The van der Waals surface area contributed by atoms with Crippen molar-refractivity contribution in [2.24, 2.45) is 104 Å². The van der Waals surface area contributed by atoms with Crippen molar-refractivity contribution in [3.8, 4) is 0 Å². The van der Waals surface area contributed by atoms with Crippen LogP contribution in [-0.2, 0) is 104 Å². The van der Waals surface area contributed by atoms with Crippen LogP contribution in [0.25, 0.3) is 0 Å². The molecule has 1 aliphatic heterocycles. The maximum Gasteiger partial charge on any atom is 0.523 e. The van der Waals surface area contributed by atoms with Crippen molar-refractivity contribution in [3.63, 3.8) is 0 Å². The summed E-state index contributed by atoms with van der Waals surface area (Å²) in [4.78, 5) is 99.6. The van der Waals surface area contributed by atoms with Gasteiger partial charge >= 0.3 is 47.1 Å². The Hall–Kier alpha value is -5.05. The summed E-state index contributed by atoms with van der Waals surface area (Å²) >= 11 is 0. The lowest BCUT2D eigenvalue weighted by Gasteiger charge is -2.60. The van der Waals surface area contributed by atoms with Gasteiger partial charge in [-0.2, -0.15) is 30.0 Å². The minimum absolute atomic E-state index is 0. The number of ketones is 6. The van der Waals surface area contributed by atoms with Gasteiger partial charge in [-0.05, 0) is 220 Å². The Morgan fingerprint density at radius 1 is 0.519 bits per heavy atom. The molecule has 0 spiro atoms. The number of nitrogens with zero attached hydrogens (tertiary/aromatic N) is 1. The Kier molecular flexibility index (Phi) is 42.1. The largest absolute Gasteiger partial charge is 0.523 e. The average Bonchev–Trinajstić information content (AvgIpc) is 1.62. The number of hydrogen-bond donors (Lipinski definition) is 8. The smallest absolute Gasteiger partial charge is 0.458 e. The van der Waals surface area contributed by atoms with E-state index in [9.17, 15) is 113 Å². The lowest BCUT2D eigenvalue weighted by atomic mass is 9.45. The van der Waals surface area contributed by atoms with Gasteiger partial charge < -0.3 is 68.1 Å². The first-order valence-corrected chi connectivity index (χ1v) is 51.3. The first-order chi connectivity index (χ1) is 59.5. The molecule has 13 rings (SSSR count). The van der Waals surface area contributed by atoms with Crippen LogP contribution in [0.2, 0.25) is 0 Å². The minimum atomic E-state index is -5.80. The van der Waals surface area contributed by atoms with E-state index in [0.29, 0.717) is 57.8 Å². The van der Waals surface area contributed by atoms with Crippen molar-refractivity contribution in [2.45, 2.75) is 296 Å². The van der Waals surface area contributed by atoms with Crippen molar-refractivity contribution < 1.29 is 154 Å². The zero-order valence-electron chi connectivity index (χ0n) is 76.1. The number of amides is 1. The first kappa shape index (κ1) is 120. The number of carbonyl (C=O) groups excluding carboxylic acids is 8. The van der Waals surface area contributed by atoms with E-state index in [1.54, 1.807) is 50.3 Å². The molecular formula is C95H156F3NO30P2S2. The minimum Gasteiger partial charge on any atom is -0.458 e. The monoisotopic (exact) mass is 1970 g/mol. The van der Waals surface area contributed by atoms with Gasteiger partial charge in [0.2, 0.25) is 11.7 Å². The fourth-order valence-electron chi connectivity index (χ4n) is 25.4. The standard InChI is InChI=1S/C31H45NO10S.C27H41O8P.C22H30O5.C6H12F3O6PS.C4H8O.5CH4/c1-19-15-21-22-12-14-31(38,30(22,3)17-24(34)28(21)29(2)13-11-20(33)16-23(19)29)25(35)18-42-27(37)10-8-6-5-7-9-26(36)32(4)43(39,40)41;1-6-34-36(32,35-7-2)16-33-15-23(30)27(31)11-9-20-19-12-17(3)21-13-18(28)8-10-25(21,4)24(19)22(29)14-26(20,27)5;1-12-8-14-15-5-7-22(27,18(26)11-23)21(15,3)10-17(25)19(14)20(2)6-4-13(24)9-16(12)20;1-3-13-16(10,14-4-2)5-15-17(11,12)6(7,8)9;1-2-4-5-3-1;;;;;/h11,13,16,19,21-22,24,28,34,38H,5-10,12,14-15,17-18H2,1-4H3,(H,39,40,41);8,10,13,17,19-20,22,24,29,31H,6-7,9,11-12,14-16H2,1-5H3;4,6,9,12,14-15,17,19,23,25,27H,5,7-8,10-11H2,1-3H3;3-5H2,1-2H3;1-4H2;5*1H4/t19-,21-,22-,24-,28+,29-,30-,31-;17-,19-,20-,22-,24+,25-,26-,27-;12-,14-,15-,17-,19+,20-,21-,22-;;;;;;;/m000......./s1. The van der Waals surface area contributed by atoms with Crippen molar-refractivity contribution in [1.82, 2.24) is 4.31 Å². The van der Waals surface area contributed by atoms with Crippen LogP contribution in [0.4, 0.5) is 13.2 Å². The summed E-state index contributed by atoms with van der Waals surface area (Å²) in [5, 5.41) is 78.6. The molecule has 0 unspecified atom stereocenters. The van der Waals surface area contributed by atoms with Gasteiger partial charge in [0.25, 0.3) is 0 Å². The third-order valence-corrected chi connectivity index (χ3v) is 36.9. The van der Waals surface area contributed by atoms with Crippen molar-refractivity contribution >= 4 is 82.2 Å². The van der Waals surface area contributed by atoms with E-state index in [2.05, 4.69) is 54.8 Å². The van der Waals surface area contributed by atoms with Gasteiger partial charge in [0.05, 0.1) is 44.7 Å². The second-order valence-electron chi connectivity index (χ2n) is 38.6. The lowest BCUT2D eigenvalue weighted by molar-refractivity contribution is -0.182. The maximum absolute atomic E-state index is 13.4. The SMILES string of the molecule is C.C.C.C.C.C1CCOC1.CCOP(=O)(COCC(=O)[C@@]1(O)CC[C@H]2[C@@H]3C[C@H](C)C4=CC(=O)C=C[C@]4(C)[C@H]3[C@@H](O)C[C@@]21C)OCC.CCOP(=O)(COS(=O)(=O)C(F)(F)F)OCC.C[C@H]1C[C@@H]2[C@H]([C@@H](O)C[C@@]3(C)[C@H]2CC[C@]3(O)C(=O)CO)[C@@]2(C)C=CC(=O)C=C12.C[C@H]1C[C@@H]2[C@H]([C@@H](O)C[C@@]3(C)[C@H]2CC[C@]3(O)C(=O)COC(=O)CCCCCCC(=O)N(C)S(=O)(=O)O)[C@@]2(C)C=CC(=O)C=C12. The second kappa shape index (κ2) is 46.6. The van der Waals surface area contributed by atoms with Gasteiger partial charge in [-0.1, -0.05) is 147 Å². The van der Waals surface area contributed by atoms with E-state index in [0.717, 1.165) is 62.7 Å². The van der Waals surface area contributed by atoms with Crippen molar-refractivity contribution in [3.05, 3.63) is 71.4 Å². The molecule has 13 aliphatic rings. The summed E-state index contributed by atoms with van der Waals surface area (Å²) in [5.74, 6) is -2.18. The molecule has 38 heteroatoms. The van der Waals surface area contributed by atoms with E-state index >= 15 is 0 Å². The summed E-state index contributed by atoms with van der Waals surface area (Å²) < 4.78 is 151. The summed E-state index contributed by atoms with van der Waals surface area (Å²) in [6.07, 6.45) is 22.6. The van der Waals surface area contributed by atoms with Gasteiger partial charge in [-0.25, -0.2) is 4.31 Å². The van der Waals surface area contributed by atoms with Crippen LogP contribution in [-0.4, -0.2) is 228 Å². The Morgan fingerprint density at radius 2 is 0.842 bits per heavy atom. The van der Waals surface area contributed by atoms with Gasteiger partial charge in [0.1, 0.15) is 36.4 Å². The number of rotatable bonds is 29. The summed E-state index contributed by atoms with van der Waals surface area (Å²) in [6, 6.07) is 0. The molecule has 0 aromatic heterocycles. The molecule has 1 saturated heterocycles. The number of unbranched alkanes of at least 4 members (excludes halogenated alkanes) is 3. The zero-order chi connectivity index (χ0) is 95.5. The molecule has 10 fully saturated rings. The molecule has 24 atom stereocenters. The highest BCUT2D eigenvalue weighted by Gasteiger charge is 2.73. The van der Waals surface area contributed by atoms with Crippen LogP contribution in [0, 0.1) is 104 Å². The summed E-state index contributed by atoms with van der Waals surface area (Å²) in [5.41, 5.74) is -11.0. The average molecular weight is 1980 g/mol. The molecule has 0 aromatic carbocycles. The van der Waals surface area contributed by atoms with Crippen LogP contribution < -0.4 is 0 Å². The Labute approximate surface area is 786 Å². The lowest BCUT2D eigenvalue weighted by Crippen LogP contribution is -2.62. The number of esters is 1. The van der Waals surface area contributed by atoms with Gasteiger partial charge in [0, 0.05) is 83.3 Å². The molecule has 0 radical (unpaired) electrons. The zero-order valence-corrected chi connectivity index (χ0v) is 79.5. The van der Waals surface area contributed by atoms with Crippen molar-refractivity contribution in [2.75, 3.05) is 79.2 Å². The van der Waals surface area contributed by atoms with Gasteiger partial charge in [-0.3, -0.25) is 56.2 Å². The number of hydrogen-bond acceptors (Lipinski definition) is 29. The number of allylic oxidation sites excluding steroid dienone is 12. The molecule has 31 nitrogen and oxygen atoms in total. The normalized spacial score (nSPS) is 36.3. The van der Waals surface area contributed by atoms with Gasteiger partial charge in [-0.15, -0.1) is 0 Å². The first-order valence-electron chi connectivity index (χ1n) is 45.0. The number of alkyl halides is 3. The molecule has 133 heavy (non-hydrogen) atoms. The molecule has 8 N–H and O–H groups in total. The van der Waals surface area contributed by atoms with Crippen LogP contribution in [0.3, 0.4) is 0 Å². The Morgan fingerprint density at radius 3 is 1.15 bits per heavy atom. The van der Waals surface area contributed by atoms with Crippen LogP contribution >= 0.6 is 15.2 Å². The van der Waals surface area contributed by atoms with E-state index in [-0.39, 0.29) is 200 Å². The van der Waals surface area contributed by atoms with E-state index < -0.39 is 159 Å². The topological polar surface area (TPSA) is 478 Å². The number of aliphatic hydroxyl groups excluding tert-OH is 4. The van der Waals surface area contributed by atoms with Crippen LogP contribution in [0.5, 0.6) is 0 Å². The third kappa shape index (κ3) is 24.1. The number of carbonyl (C=O) groups is 8. The summed E-state index contributed by atoms with van der Waals surface area (Å²) in [7, 11) is -16.8. The molecule has 0 aromatic rings.